The minimum atomic E-state index is 0.0161. The normalized spacial score (nSPS) is 30.8. The molecule has 1 unspecified atom stereocenters. The van der Waals surface area contributed by atoms with E-state index in [1.165, 1.54) is 12.8 Å². The molecule has 1 heterocycles. The summed E-state index contributed by atoms with van der Waals surface area (Å²) in [5.41, 5.74) is 5.94. The zero-order chi connectivity index (χ0) is 13.1. The second-order valence-electron chi connectivity index (χ2n) is 5.94. The number of carbonyl (C=O) groups excluding carboxylic acids is 1. The Morgan fingerprint density at radius 2 is 1.78 bits per heavy atom. The van der Waals surface area contributed by atoms with Crippen molar-refractivity contribution in [3.8, 4) is 0 Å². The van der Waals surface area contributed by atoms with Crippen LogP contribution in [-0.2, 0) is 4.79 Å². The summed E-state index contributed by atoms with van der Waals surface area (Å²) in [5, 5.41) is 0. The fourth-order valence-corrected chi connectivity index (χ4v) is 3.20. The van der Waals surface area contributed by atoms with Gasteiger partial charge >= 0.3 is 0 Å². The lowest BCUT2D eigenvalue weighted by Crippen LogP contribution is -2.50. The third-order valence-corrected chi connectivity index (χ3v) is 4.70. The third kappa shape index (κ3) is 3.04. The van der Waals surface area contributed by atoms with Gasteiger partial charge in [0.1, 0.15) is 0 Å². The Labute approximate surface area is 110 Å². The predicted octanol–water partition coefficient (Wildman–Crippen LogP) is 1.20. The summed E-state index contributed by atoms with van der Waals surface area (Å²) >= 11 is 0. The van der Waals surface area contributed by atoms with Crippen LogP contribution in [0, 0.1) is 0 Å². The monoisotopic (exact) mass is 253 g/mol. The first-order chi connectivity index (χ1) is 8.59. The minimum absolute atomic E-state index is 0.0161. The molecule has 0 aromatic heterocycles. The molecular weight excluding hydrogens is 226 g/mol. The number of rotatable bonds is 3. The van der Waals surface area contributed by atoms with Crippen LogP contribution in [0.2, 0.25) is 0 Å². The Morgan fingerprint density at radius 3 is 2.33 bits per heavy atom. The highest BCUT2D eigenvalue weighted by Crippen LogP contribution is 2.23. The van der Waals surface area contributed by atoms with Crippen molar-refractivity contribution in [1.29, 1.82) is 0 Å². The number of nitrogens with zero attached hydrogens (tertiary/aromatic N) is 2. The summed E-state index contributed by atoms with van der Waals surface area (Å²) in [6, 6.07) is 0.924. The van der Waals surface area contributed by atoms with Gasteiger partial charge in [-0.15, -0.1) is 0 Å². The maximum atomic E-state index is 12.4. The van der Waals surface area contributed by atoms with Crippen molar-refractivity contribution in [2.24, 2.45) is 5.73 Å². The Kier molecular flexibility index (Phi) is 4.62. The molecule has 1 aliphatic heterocycles. The van der Waals surface area contributed by atoms with E-state index in [2.05, 4.69) is 18.9 Å². The number of carbonyl (C=O) groups is 1. The van der Waals surface area contributed by atoms with E-state index < -0.39 is 0 Å². The van der Waals surface area contributed by atoms with Crippen molar-refractivity contribution in [1.82, 2.24) is 9.80 Å². The van der Waals surface area contributed by atoms with Crippen LogP contribution < -0.4 is 5.73 Å². The van der Waals surface area contributed by atoms with Crippen molar-refractivity contribution in [3.63, 3.8) is 0 Å². The van der Waals surface area contributed by atoms with E-state index in [0.29, 0.717) is 18.0 Å². The molecule has 1 saturated heterocycles. The van der Waals surface area contributed by atoms with Gasteiger partial charge in [0.05, 0.1) is 6.04 Å². The SMILES string of the molecule is CC(C(=O)N1CCCC1)N(C)C1CCC(N)CC1. The highest BCUT2D eigenvalue weighted by Gasteiger charge is 2.31. The lowest BCUT2D eigenvalue weighted by molar-refractivity contribution is -0.135. The molecule has 4 heteroatoms. The fourth-order valence-electron chi connectivity index (χ4n) is 3.20. The molecule has 2 fully saturated rings. The van der Waals surface area contributed by atoms with Crippen LogP contribution in [-0.4, -0.2) is 54.0 Å². The molecule has 1 atom stereocenters. The largest absolute Gasteiger partial charge is 0.341 e. The van der Waals surface area contributed by atoms with E-state index in [1.54, 1.807) is 0 Å². The summed E-state index contributed by atoms with van der Waals surface area (Å²) < 4.78 is 0. The molecule has 0 aromatic carbocycles. The molecular formula is C14H27N3O. The second kappa shape index (κ2) is 6.02. The number of likely N-dealkylation sites (tertiary alicyclic amines) is 1. The van der Waals surface area contributed by atoms with Crippen molar-refractivity contribution in [2.45, 2.75) is 63.6 Å². The van der Waals surface area contributed by atoms with Gasteiger partial charge in [-0.05, 0) is 52.5 Å². The van der Waals surface area contributed by atoms with E-state index in [9.17, 15) is 4.79 Å². The molecule has 104 valence electrons. The molecule has 1 aliphatic carbocycles. The van der Waals surface area contributed by atoms with Crippen LogP contribution in [0.5, 0.6) is 0 Å². The first-order valence-corrected chi connectivity index (χ1v) is 7.36. The maximum Gasteiger partial charge on any atom is 0.239 e. The van der Waals surface area contributed by atoms with Crippen LogP contribution in [0.1, 0.15) is 45.4 Å². The van der Waals surface area contributed by atoms with Crippen molar-refractivity contribution < 1.29 is 4.79 Å². The fraction of sp³-hybridized carbons (Fsp3) is 0.929. The van der Waals surface area contributed by atoms with Gasteiger partial charge < -0.3 is 10.6 Å². The van der Waals surface area contributed by atoms with Crippen LogP contribution in [0.15, 0.2) is 0 Å². The van der Waals surface area contributed by atoms with Gasteiger partial charge in [-0.1, -0.05) is 0 Å². The smallest absolute Gasteiger partial charge is 0.239 e. The molecule has 1 saturated carbocycles. The molecule has 0 aromatic rings. The Hall–Kier alpha value is -0.610. The second-order valence-corrected chi connectivity index (χ2v) is 5.94. The van der Waals surface area contributed by atoms with Gasteiger partial charge in [0.25, 0.3) is 0 Å². The number of nitrogens with two attached hydrogens (primary N) is 1. The Bertz CT molecular complexity index is 281. The summed E-state index contributed by atoms with van der Waals surface area (Å²) in [7, 11) is 2.10. The molecule has 0 spiro atoms. The Morgan fingerprint density at radius 1 is 1.22 bits per heavy atom. The van der Waals surface area contributed by atoms with E-state index >= 15 is 0 Å². The lowest BCUT2D eigenvalue weighted by Gasteiger charge is -2.37. The summed E-state index contributed by atoms with van der Waals surface area (Å²) in [4.78, 5) is 16.6. The maximum absolute atomic E-state index is 12.4. The summed E-state index contributed by atoms with van der Waals surface area (Å²) in [5.74, 6) is 0.310. The molecule has 4 nitrogen and oxygen atoms in total. The van der Waals surface area contributed by atoms with E-state index in [0.717, 1.165) is 38.8 Å². The molecule has 2 rings (SSSR count). The molecule has 2 aliphatic rings. The zero-order valence-corrected chi connectivity index (χ0v) is 11.8. The van der Waals surface area contributed by atoms with Gasteiger partial charge in [-0.3, -0.25) is 9.69 Å². The summed E-state index contributed by atoms with van der Waals surface area (Å²) in [6.07, 6.45) is 6.80. The lowest BCUT2D eigenvalue weighted by atomic mass is 9.90. The standard InChI is InChI=1S/C14H27N3O/c1-11(14(18)17-9-3-4-10-17)16(2)13-7-5-12(15)6-8-13/h11-13H,3-10,15H2,1-2H3. The minimum Gasteiger partial charge on any atom is -0.341 e. The van der Waals surface area contributed by atoms with Crippen LogP contribution in [0.3, 0.4) is 0 Å². The number of amides is 1. The van der Waals surface area contributed by atoms with Gasteiger partial charge in [-0.25, -0.2) is 0 Å². The van der Waals surface area contributed by atoms with Crippen molar-refractivity contribution in [3.05, 3.63) is 0 Å². The van der Waals surface area contributed by atoms with Crippen LogP contribution >= 0.6 is 0 Å². The van der Waals surface area contributed by atoms with Crippen LogP contribution in [0.25, 0.3) is 0 Å². The first-order valence-electron chi connectivity index (χ1n) is 7.36. The van der Waals surface area contributed by atoms with Crippen molar-refractivity contribution in [2.75, 3.05) is 20.1 Å². The number of likely N-dealkylation sites (N-methyl/N-ethyl adjacent to an activating group) is 1. The predicted molar refractivity (Wildman–Crippen MR) is 73.3 cm³/mol. The molecule has 0 bridgehead atoms. The average Bonchev–Trinajstić information content (AvgIpc) is 2.91. The van der Waals surface area contributed by atoms with Gasteiger partial charge in [0.2, 0.25) is 5.91 Å². The Balaban J connectivity index is 1.87. The summed E-state index contributed by atoms with van der Waals surface area (Å²) in [6.45, 7) is 3.95. The highest BCUT2D eigenvalue weighted by atomic mass is 16.2. The number of hydrogen-bond acceptors (Lipinski definition) is 3. The van der Waals surface area contributed by atoms with Gasteiger partial charge in [-0.2, -0.15) is 0 Å². The molecule has 2 N–H and O–H groups in total. The quantitative estimate of drug-likeness (QED) is 0.822. The van der Waals surface area contributed by atoms with Gasteiger partial charge in [0.15, 0.2) is 0 Å². The average molecular weight is 253 g/mol. The third-order valence-electron chi connectivity index (χ3n) is 4.70. The topological polar surface area (TPSA) is 49.6 Å². The van der Waals surface area contributed by atoms with Crippen LogP contribution in [0.4, 0.5) is 0 Å². The van der Waals surface area contributed by atoms with Crippen molar-refractivity contribution >= 4 is 5.91 Å². The first kappa shape index (κ1) is 13.8. The molecule has 18 heavy (non-hydrogen) atoms. The number of hydrogen-bond donors (Lipinski definition) is 1. The molecule has 1 amide bonds. The van der Waals surface area contributed by atoms with E-state index in [1.807, 2.05) is 4.90 Å². The highest BCUT2D eigenvalue weighted by molar-refractivity contribution is 5.81. The van der Waals surface area contributed by atoms with E-state index in [-0.39, 0.29) is 6.04 Å². The zero-order valence-electron chi connectivity index (χ0n) is 11.8. The van der Waals surface area contributed by atoms with Gasteiger partial charge in [0, 0.05) is 25.2 Å². The van der Waals surface area contributed by atoms with E-state index in [4.69, 9.17) is 5.73 Å². The molecule has 0 radical (unpaired) electrons.